The Hall–Kier alpha value is -3.51. The zero-order chi connectivity index (χ0) is 22.6. The predicted octanol–water partition coefficient (Wildman–Crippen LogP) is 2.69. The van der Waals surface area contributed by atoms with Crippen LogP contribution in [0.15, 0.2) is 46.8 Å². The van der Waals surface area contributed by atoms with Gasteiger partial charge in [0.15, 0.2) is 0 Å². The first-order valence-corrected chi connectivity index (χ1v) is 11.0. The van der Waals surface area contributed by atoms with Crippen molar-refractivity contribution in [1.82, 2.24) is 10.2 Å². The first-order valence-electron chi connectivity index (χ1n) is 8.74. The van der Waals surface area contributed by atoms with E-state index >= 15 is 0 Å². The molecule has 2 N–H and O–H groups in total. The number of amides is 1. The average Bonchev–Trinajstić information content (AvgIpc) is 3.22. The molecule has 0 bridgehead atoms. The lowest BCUT2D eigenvalue weighted by Gasteiger charge is -2.11. The Morgan fingerprint density at radius 3 is 2.32 bits per heavy atom. The van der Waals surface area contributed by atoms with Crippen molar-refractivity contribution in [1.29, 1.82) is 0 Å². The maximum absolute atomic E-state index is 12.7. The first kappa shape index (κ1) is 22.2. The van der Waals surface area contributed by atoms with E-state index in [0.717, 1.165) is 5.56 Å². The van der Waals surface area contributed by atoms with Crippen LogP contribution in [0.3, 0.4) is 0 Å². The van der Waals surface area contributed by atoms with Crippen molar-refractivity contribution in [2.75, 3.05) is 24.3 Å². The van der Waals surface area contributed by atoms with Crippen LogP contribution in [0.1, 0.15) is 26.3 Å². The van der Waals surface area contributed by atoms with E-state index in [9.17, 15) is 18.0 Å². The van der Waals surface area contributed by atoms with Gasteiger partial charge < -0.3 is 9.47 Å². The molecule has 1 aromatic heterocycles. The molecule has 0 atom stereocenters. The molecular formula is C19H18N4O6S2. The molecule has 12 heteroatoms. The van der Waals surface area contributed by atoms with Gasteiger partial charge in [0.1, 0.15) is 5.75 Å². The van der Waals surface area contributed by atoms with Crippen molar-refractivity contribution in [2.24, 2.45) is 0 Å². The lowest BCUT2D eigenvalue weighted by molar-refractivity contribution is 0.0600. The number of ether oxygens (including phenoxy) is 2. The van der Waals surface area contributed by atoms with E-state index in [4.69, 9.17) is 4.74 Å². The fourth-order valence-electron chi connectivity index (χ4n) is 2.46. The summed E-state index contributed by atoms with van der Waals surface area (Å²) in [6.07, 6.45) is 0. The van der Waals surface area contributed by atoms with Crippen LogP contribution in [0.4, 0.5) is 10.8 Å². The number of carbonyl (C=O) groups is 2. The average molecular weight is 463 g/mol. The number of aryl methyl sites for hydroxylation is 1. The molecule has 0 aliphatic rings. The van der Waals surface area contributed by atoms with Gasteiger partial charge in [0.2, 0.25) is 5.13 Å². The van der Waals surface area contributed by atoms with E-state index < -0.39 is 21.9 Å². The van der Waals surface area contributed by atoms with Gasteiger partial charge in [-0.05, 0) is 37.3 Å². The number of carbonyl (C=O) groups excluding carboxylic acids is 2. The topological polar surface area (TPSA) is 137 Å². The maximum Gasteiger partial charge on any atom is 0.337 e. The number of hydrogen-bond donors (Lipinski definition) is 2. The number of sulfonamides is 1. The Bertz CT molecular complexity index is 1220. The van der Waals surface area contributed by atoms with Crippen molar-refractivity contribution >= 4 is 44.1 Å². The normalized spacial score (nSPS) is 10.9. The Labute approximate surface area is 182 Å². The van der Waals surface area contributed by atoms with Crippen molar-refractivity contribution in [3.63, 3.8) is 0 Å². The van der Waals surface area contributed by atoms with Crippen LogP contribution in [-0.4, -0.2) is 44.7 Å². The molecule has 31 heavy (non-hydrogen) atoms. The number of methoxy groups -OCH3 is 2. The lowest BCUT2D eigenvalue weighted by Crippen LogP contribution is -2.14. The molecule has 0 saturated carbocycles. The van der Waals surface area contributed by atoms with Gasteiger partial charge in [-0.25, -0.2) is 4.79 Å². The molecule has 0 fully saturated rings. The van der Waals surface area contributed by atoms with Gasteiger partial charge in [0.25, 0.3) is 20.3 Å². The molecule has 3 aromatic rings. The lowest BCUT2D eigenvalue weighted by atomic mass is 10.1. The van der Waals surface area contributed by atoms with Gasteiger partial charge in [-0.1, -0.05) is 29.0 Å². The summed E-state index contributed by atoms with van der Waals surface area (Å²) in [6, 6.07) is 11.0. The number of anilines is 2. The second kappa shape index (κ2) is 9.10. The molecule has 1 amide bonds. The molecule has 3 rings (SSSR count). The second-order valence-electron chi connectivity index (χ2n) is 6.21. The Balaban J connectivity index is 1.80. The van der Waals surface area contributed by atoms with E-state index in [1.807, 2.05) is 6.92 Å². The number of benzene rings is 2. The molecule has 0 saturated heterocycles. The highest BCUT2D eigenvalue weighted by molar-refractivity contribution is 7.94. The first-order chi connectivity index (χ1) is 14.7. The van der Waals surface area contributed by atoms with Crippen molar-refractivity contribution < 1.29 is 27.5 Å². The Kier molecular flexibility index (Phi) is 6.51. The highest BCUT2D eigenvalue weighted by Gasteiger charge is 2.23. The van der Waals surface area contributed by atoms with Crippen LogP contribution in [0.2, 0.25) is 0 Å². The molecule has 162 valence electrons. The fraction of sp³-hybridized carbons (Fsp3) is 0.158. The predicted molar refractivity (Wildman–Crippen MR) is 114 cm³/mol. The highest BCUT2D eigenvalue weighted by atomic mass is 32.2. The number of nitrogens with one attached hydrogen (secondary N) is 2. The minimum atomic E-state index is -4.17. The molecule has 0 radical (unpaired) electrons. The third-order valence-electron chi connectivity index (χ3n) is 4.04. The number of rotatable bonds is 7. The quantitative estimate of drug-likeness (QED) is 0.404. The monoisotopic (exact) mass is 462 g/mol. The third kappa shape index (κ3) is 5.16. The SMILES string of the molecule is COC(=O)c1ccc(OC)c(NS(=O)(=O)c2nnc(NC(=O)c3ccc(C)cc3)s2)c1. The smallest absolute Gasteiger partial charge is 0.337 e. The van der Waals surface area contributed by atoms with Gasteiger partial charge in [-0.2, -0.15) is 8.42 Å². The summed E-state index contributed by atoms with van der Waals surface area (Å²) in [6.45, 7) is 1.90. The molecule has 1 heterocycles. The summed E-state index contributed by atoms with van der Waals surface area (Å²) in [5.74, 6) is -0.894. The summed E-state index contributed by atoms with van der Waals surface area (Å²) >= 11 is 0.677. The van der Waals surface area contributed by atoms with Gasteiger partial charge >= 0.3 is 5.97 Å². The minimum absolute atomic E-state index is 0.0150. The van der Waals surface area contributed by atoms with Gasteiger partial charge in [-0.3, -0.25) is 14.8 Å². The Morgan fingerprint density at radius 2 is 1.68 bits per heavy atom. The number of hydrogen-bond acceptors (Lipinski definition) is 9. The van der Waals surface area contributed by atoms with E-state index in [1.54, 1.807) is 24.3 Å². The number of nitrogens with zero attached hydrogens (tertiary/aromatic N) is 2. The summed E-state index contributed by atoms with van der Waals surface area (Å²) in [5, 5.41) is 9.90. The summed E-state index contributed by atoms with van der Waals surface area (Å²) in [4.78, 5) is 24.0. The summed E-state index contributed by atoms with van der Waals surface area (Å²) in [5.41, 5.74) is 1.54. The van der Waals surface area contributed by atoms with Gasteiger partial charge in [0.05, 0.1) is 25.5 Å². The van der Waals surface area contributed by atoms with Crippen LogP contribution in [0.5, 0.6) is 5.75 Å². The van der Waals surface area contributed by atoms with Crippen LogP contribution >= 0.6 is 11.3 Å². The largest absolute Gasteiger partial charge is 0.495 e. The molecule has 10 nitrogen and oxygen atoms in total. The summed E-state index contributed by atoms with van der Waals surface area (Å²) < 4.78 is 37.2. The summed E-state index contributed by atoms with van der Waals surface area (Å²) in [7, 11) is -1.60. The number of aromatic nitrogens is 2. The molecule has 0 spiro atoms. The molecule has 2 aromatic carbocycles. The maximum atomic E-state index is 12.7. The standard InChI is InChI=1S/C19H18N4O6S2/c1-11-4-6-12(7-5-11)16(24)20-18-21-22-19(30-18)31(26,27)23-14-10-13(17(25)29-3)8-9-15(14)28-2/h4-10,23H,1-3H3,(H,20,21,24). The second-order valence-corrected chi connectivity index (χ2v) is 9.04. The molecule has 0 unspecified atom stereocenters. The number of esters is 1. The minimum Gasteiger partial charge on any atom is -0.495 e. The van der Waals surface area contributed by atoms with Gasteiger partial charge in [0, 0.05) is 5.56 Å². The van der Waals surface area contributed by atoms with Crippen LogP contribution in [-0.2, 0) is 14.8 Å². The zero-order valence-corrected chi connectivity index (χ0v) is 18.3. The molecular weight excluding hydrogens is 444 g/mol. The molecule has 0 aliphatic carbocycles. The molecule has 0 aliphatic heterocycles. The van der Waals surface area contributed by atoms with E-state index in [-0.39, 0.29) is 26.5 Å². The van der Waals surface area contributed by atoms with Crippen molar-refractivity contribution in [3.05, 3.63) is 59.2 Å². The van der Waals surface area contributed by atoms with Crippen molar-refractivity contribution in [3.8, 4) is 5.75 Å². The fourth-order valence-corrected chi connectivity index (χ4v) is 4.42. The van der Waals surface area contributed by atoms with Gasteiger partial charge in [-0.15, -0.1) is 10.2 Å². The Morgan fingerprint density at radius 1 is 1.00 bits per heavy atom. The van der Waals surface area contributed by atoms with Crippen LogP contribution in [0, 0.1) is 6.92 Å². The van der Waals surface area contributed by atoms with E-state index in [0.29, 0.717) is 16.9 Å². The van der Waals surface area contributed by atoms with E-state index in [1.165, 1.54) is 32.4 Å². The van der Waals surface area contributed by atoms with Crippen LogP contribution in [0.25, 0.3) is 0 Å². The zero-order valence-electron chi connectivity index (χ0n) is 16.7. The van der Waals surface area contributed by atoms with Crippen LogP contribution < -0.4 is 14.8 Å². The van der Waals surface area contributed by atoms with E-state index in [2.05, 4.69) is 25.0 Å². The van der Waals surface area contributed by atoms with Crippen molar-refractivity contribution in [2.45, 2.75) is 11.3 Å². The highest BCUT2D eigenvalue weighted by Crippen LogP contribution is 2.30. The third-order valence-corrected chi connectivity index (χ3v) is 6.61.